The van der Waals surface area contributed by atoms with Crippen molar-refractivity contribution in [1.29, 1.82) is 5.41 Å². The topological polar surface area (TPSA) is 68.7 Å². The number of anilines is 1. The van der Waals surface area contributed by atoms with E-state index in [0.29, 0.717) is 24.4 Å². The van der Waals surface area contributed by atoms with E-state index in [1.807, 2.05) is 44.4 Å². The molecule has 0 aliphatic heterocycles. The first-order valence-electron chi connectivity index (χ1n) is 8.57. The van der Waals surface area contributed by atoms with Crippen LogP contribution < -0.4 is 4.90 Å². The highest BCUT2D eigenvalue weighted by atomic mass is 15.2. The van der Waals surface area contributed by atoms with Gasteiger partial charge in [-0.05, 0) is 35.4 Å². The van der Waals surface area contributed by atoms with Crippen LogP contribution >= 0.6 is 0 Å². The Kier molecular flexibility index (Phi) is 5.59. The van der Waals surface area contributed by atoms with Gasteiger partial charge in [0, 0.05) is 38.3 Å². The summed E-state index contributed by atoms with van der Waals surface area (Å²) in [6.07, 6.45) is 4.84. The van der Waals surface area contributed by atoms with Gasteiger partial charge in [0.2, 0.25) is 0 Å². The lowest BCUT2D eigenvalue weighted by molar-refractivity contribution is 0.971. The van der Waals surface area contributed by atoms with Gasteiger partial charge in [-0.1, -0.05) is 42.5 Å². The van der Waals surface area contributed by atoms with E-state index in [4.69, 9.17) is 5.41 Å². The highest BCUT2D eigenvalue weighted by molar-refractivity contribution is 5.96. The maximum Gasteiger partial charge on any atom is 0.173 e. The number of nitrogens with zero attached hydrogens (tertiary/aromatic N) is 3. The normalized spacial score (nSPS) is 11.0. The second-order valence-electron chi connectivity index (χ2n) is 6.40. The van der Waals surface area contributed by atoms with Crippen molar-refractivity contribution >= 4 is 17.5 Å². The third-order valence-electron chi connectivity index (χ3n) is 4.04. The number of hydrogen-bond donors (Lipinski definition) is 2. The molecule has 0 aliphatic carbocycles. The molecule has 1 heterocycles. The molecule has 2 N–H and O–H groups in total. The van der Waals surface area contributed by atoms with Crippen molar-refractivity contribution in [2.75, 3.05) is 19.0 Å². The quantitative estimate of drug-likeness (QED) is 0.641. The van der Waals surface area contributed by atoms with E-state index in [1.165, 1.54) is 11.3 Å². The van der Waals surface area contributed by atoms with Gasteiger partial charge in [0.15, 0.2) is 5.82 Å². The molecular formula is C21H23N5. The summed E-state index contributed by atoms with van der Waals surface area (Å²) in [5, 5.41) is 15.2. The fourth-order valence-corrected chi connectivity index (χ4v) is 2.62. The first-order chi connectivity index (χ1) is 12.6. The van der Waals surface area contributed by atoms with Gasteiger partial charge >= 0.3 is 0 Å². The summed E-state index contributed by atoms with van der Waals surface area (Å²) in [5.41, 5.74) is 4.01. The summed E-state index contributed by atoms with van der Waals surface area (Å²) in [4.78, 5) is 6.56. The molecule has 132 valence electrons. The first-order valence-corrected chi connectivity index (χ1v) is 8.57. The molecule has 5 heteroatoms. The van der Waals surface area contributed by atoms with Crippen molar-refractivity contribution in [1.82, 2.24) is 15.2 Å². The highest BCUT2D eigenvalue weighted by Gasteiger charge is 2.03. The van der Waals surface area contributed by atoms with E-state index in [-0.39, 0.29) is 0 Å². The van der Waals surface area contributed by atoms with Crippen LogP contribution in [0.4, 0.5) is 5.69 Å². The molecule has 0 amide bonds. The molecule has 0 radical (unpaired) electrons. The molecule has 3 rings (SSSR count). The Balaban J connectivity index is 1.58. The molecule has 2 aromatic carbocycles. The lowest BCUT2D eigenvalue weighted by Crippen LogP contribution is -2.08. The molecule has 0 unspecified atom stereocenters. The molecule has 0 fully saturated rings. The summed E-state index contributed by atoms with van der Waals surface area (Å²) in [6, 6.07) is 18.4. The molecule has 5 nitrogen and oxygen atoms in total. The molecular weight excluding hydrogens is 322 g/mol. The predicted molar refractivity (Wildman–Crippen MR) is 107 cm³/mol. The van der Waals surface area contributed by atoms with Gasteiger partial charge in [0.1, 0.15) is 5.82 Å². The highest BCUT2D eigenvalue weighted by Crippen LogP contribution is 2.14. The van der Waals surface area contributed by atoms with Crippen LogP contribution in [0.2, 0.25) is 0 Å². The molecule has 0 aliphatic rings. The number of allylic oxidation sites excluding steroid dienone is 1. The molecule has 0 saturated heterocycles. The van der Waals surface area contributed by atoms with Crippen LogP contribution in [0.3, 0.4) is 0 Å². The minimum absolute atomic E-state index is 0.529. The van der Waals surface area contributed by atoms with Gasteiger partial charge in [0.25, 0.3) is 0 Å². The summed E-state index contributed by atoms with van der Waals surface area (Å²) in [5.74, 6) is 1.42. The number of benzene rings is 2. The number of rotatable bonds is 7. The lowest BCUT2D eigenvalue weighted by atomic mass is 10.1. The van der Waals surface area contributed by atoms with Crippen LogP contribution in [0.25, 0.3) is 6.08 Å². The molecule has 0 spiro atoms. The van der Waals surface area contributed by atoms with Gasteiger partial charge in [-0.2, -0.15) is 5.10 Å². The van der Waals surface area contributed by atoms with Gasteiger partial charge in [-0.3, -0.25) is 5.10 Å². The van der Waals surface area contributed by atoms with Crippen molar-refractivity contribution in [2.45, 2.75) is 12.8 Å². The number of nitrogens with one attached hydrogen (secondary N) is 2. The second-order valence-corrected chi connectivity index (χ2v) is 6.40. The maximum atomic E-state index is 8.06. The summed E-state index contributed by atoms with van der Waals surface area (Å²) in [7, 11) is 4.05. The van der Waals surface area contributed by atoms with E-state index >= 15 is 0 Å². The van der Waals surface area contributed by atoms with E-state index in [0.717, 1.165) is 11.4 Å². The minimum atomic E-state index is 0.529. The Morgan fingerprint density at radius 2 is 1.77 bits per heavy atom. The summed E-state index contributed by atoms with van der Waals surface area (Å²) < 4.78 is 0. The summed E-state index contributed by atoms with van der Waals surface area (Å²) >= 11 is 0. The number of aromatic nitrogens is 3. The van der Waals surface area contributed by atoms with Crippen LogP contribution in [0, 0.1) is 5.41 Å². The monoisotopic (exact) mass is 345 g/mol. The number of H-pyrrole nitrogens is 1. The van der Waals surface area contributed by atoms with Crippen LogP contribution in [-0.2, 0) is 12.8 Å². The fraction of sp³-hybridized carbons (Fsp3) is 0.190. The van der Waals surface area contributed by atoms with Crippen LogP contribution in [0.5, 0.6) is 0 Å². The van der Waals surface area contributed by atoms with Crippen molar-refractivity contribution in [3.63, 3.8) is 0 Å². The van der Waals surface area contributed by atoms with Crippen molar-refractivity contribution in [3.8, 4) is 0 Å². The van der Waals surface area contributed by atoms with Crippen molar-refractivity contribution in [3.05, 3.63) is 83.4 Å². The first kappa shape index (κ1) is 17.6. The third-order valence-corrected chi connectivity index (χ3v) is 4.04. The minimum Gasteiger partial charge on any atom is -0.378 e. The average Bonchev–Trinajstić information content (AvgIpc) is 3.09. The molecule has 0 atom stereocenters. The van der Waals surface area contributed by atoms with Gasteiger partial charge < -0.3 is 10.3 Å². The van der Waals surface area contributed by atoms with E-state index in [9.17, 15) is 0 Å². The van der Waals surface area contributed by atoms with Crippen LogP contribution in [-0.4, -0.2) is 35.0 Å². The van der Waals surface area contributed by atoms with Crippen LogP contribution in [0.1, 0.15) is 22.8 Å². The van der Waals surface area contributed by atoms with Crippen LogP contribution in [0.15, 0.2) is 60.7 Å². The number of hydrogen-bond acceptors (Lipinski definition) is 4. The fourth-order valence-electron chi connectivity index (χ4n) is 2.62. The molecule has 0 saturated carbocycles. The molecule has 1 aromatic heterocycles. The standard InChI is InChI=1S/C21H23N5/c1-26(2)19-11-8-17(9-12-19)15-21-23-20(24-25-21)13-10-18(22)14-16-6-4-3-5-7-16/h3-13,22H,14-15H2,1-2H3,(H,23,24,25)/b13-10-,22-18?. The Labute approximate surface area is 153 Å². The van der Waals surface area contributed by atoms with Gasteiger partial charge in [0.05, 0.1) is 0 Å². The Hall–Kier alpha value is -3.21. The average molecular weight is 345 g/mol. The third kappa shape index (κ3) is 4.89. The van der Waals surface area contributed by atoms with Crippen molar-refractivity contribution in [2.24, 2.45) is 0 Å². The second kappa shape index (κ2) is 8.25. The maximum absolute atomic E-state index is 8.06. The SMILES string of the molecule is CN(C)c1ccc(Cc2nc(/C=C\C(=N)Cc3ccccc3)n[nH]2)cc1. The zero-order valence-corrected chi connectivity index (χ0v) is 15.1. The smallest absolute Gasteiger partial charge is 0.173 e. The lowest BCUT2D eigenvalue weighted by Gasteiger charge is -2.12. The zero-order valence-electron chi connectivity index (χ0n) is 15.1. The van der Waals surface area contributed by atoms with Crippen molar-refractivity contribution < 1.29 is 0 Å². The Bertz CT molecular complexity index is 876. The van der Waals surface area contributed by atoms with E-state index in [1.54, 1.807) is 12.2 Å². The summed E-state index contributed by atoms with van der Waals surface area (Å²) in [6.45, 7) is 0. The Morgan fingerprint density at radius 1 is 1.04 bits per heavy atom. The van der Waals surface area contributed by atoms with Gasteiger partial charge in [-0.15, -0.1) is 0 Å². The Morgan fingerprint density at radius 3 is 2.46 bits per heavy atom. The predicted octanol–water partition coefficient (Wildman–Crippen LogP) is 3.74. The van der Waals surface area contributed by atoms with E-state index in [2.05, 4.69) is 44.3 Å². The van der Waals surface area contributed by atoms with Gasteiger partial charge in [-0.25, -0.2) is 4.98 Å². The molecule has 26 heavy (non-hydrogen) atoms. The molecule has 3 aromatic rings. The number of aromatic amines is 1. The zero-order chi connectivity index (χ0) is 18.4. The molecule has 0 bridgehead atoms. The van der Waals surface area contributed by atoms with E-state index < -0.39 is 0 Å². The largest absolute Gasteiger partial charge is 0.378 e.